The van der Waals surface area contributed by atoms with Gasteiger partial charge in [0.25, 0.3) is 11.8 Å². The van der Waals surface area contributed by atoms with Crippen LogP contribution in [0.2, 0.25) is 0 Å². The number of amides is 3. The summed E-state index contributed by atoms with van der Waals surface area (Å²) in [5.74, 6) is -0.113. The van der Waals surface area contributed by atoms with Crippen LogP contribution < -0.4 is 20.3 Å². The van der Waals surface area contributed by atoms with Gasteiger partial charge in [-0.25, -0.2) is 0 Å². The lowest BCUT2D eigenvalue weighted by molar-refractivity contribution is -0.116. The molecule has 0 saturated heterocycles. The van der Waals surface area contributed by atoms with E-state index in [-0.39, 0.29) is 24.1 Å². The number of aryl methyl sites for hydroxylation is 1. The van der Waals surface area contributed by atoms with Gasteiger partial charge in [0.1, 0.15) is 5.75 Å². The average Bonchev–Trinajstić information content (AvgIpc) is 3.06. The Bertz CT molecular complexity index is 1310. The number of likely N-dealkylation sites (N-methyl/N-ethyl adjacent to an activating group) is 2. The minimum absolute atomic E-state index is 0.0683. The predicted molar refractivity (Wildman–Crippen MR) is 144 cm³/mol. The summed E-state index contributed by atoms with van der Waals surface area (Å²) in [7, 11) is 5.11. The van der Waals surface area contributed by atoms with E-state index in [0.29, 0.717) is 41.3 Å². The van der Waals surface area contributed by atoms with Crippen LogP contribution in [0.5, 0.6) is 5.75 Å². The number of methoxy groups -OCH3 is 1. The molecule has 1 aliphatic heterocycles. The maximum atomic E-state index is 14.0. The van der Waals surface area contributed by atoms with Crippen molar-refractivity contribution in [2.45, 2.75) is 19.4 Å². The summed E-state index contributed by atoms with van der Waals surface area (Å²) in [5, 5.41) is 5.96. The van der Waals surface area contributed by atoms with Gasteiger partial charge in [-0.1, -0.05) is 35.9 Å². The first-order valence-electron chi connectivity index (χ1n) is 12.2. The third kappa shape index (κ3) is 5.65. The van der Waals surface area contributed by atoms with Crippen molar-refractivity contribution in [1.82, 2.24) is 10.2 Å². The average molecular weight is 501 g/mol. The zero-order chi connectivity index (χ0) is 26.5. The van der Waals surface area contributed by atoms with E-state index in [2.05, 4.69) is 10.6 Å². The number of nitrogens with one attached hydrogen (secondary N) is 2. The van der Waals surface area contributed by atoms with Gasteiger partial charge in [0, 0.05) is 31.3 Å². The van der Waals surface area contributed by atoms with E-state index < -0.39 is 6.04 Å². The van der Waals surface area contributed by atoms with E-state index in [0.717, 1.165) is 11.1 Å². The first-order chi connectivity index (χ1) is 17.8. The number of ether oxygens (including phenoxy) is 1. The molecule has 8 nitrogen and oxygen atoms in total. The maximum absolute atomic E-state index is 14.0. The molecule has 3 amide bonds. The molecule has 3 aromatic rings. The van der Waals surface area contributed by atoms with E-state index in [1.165, 1.54) is 0 Å². The third-order valence-electron chi connectivity index (χ3n) is 6.51. The zero-order valence-electron chi connectivity index (χ0n) is 21.6. The Morgan fingerprint density at radius 2 is 1.84 bits per heavy atom. The molecule has 37 heavy (non-hydrogen) atoms. The van der Waals surface area contributed by atoms with E-state index >= 15 is 0 Å². The Labute approximate surface area is 217 Å². The Morgan fingerprint density at radius 3 is 2.54 bits per heavy atom. The summed E-state index contributed by atoms with van der Waals surface area (Å²) in [6, 6.07) is 19.3. The summed E-state index contributed by atoms with van der Waals surface area (Å²) in [5.41, 5.74) is 3.74. The number of carbonyl (C=O) groups is 3. The minimum atomic E-state index is -0.541. The van der Waals surface area contributed by atoms with Gasteiger partial charge in [-0.15, -0.1) is 0 Å². The van der Waals surface area contributed by atoms with Gasteiger partial charge in [0.2, 0.25) is 5.91 Å². The molecular formula is C29H32N4O4. The van der Waals surface area contributed by atoms with Crippen LogP contribution in [0, 0.1) is 6.92 Å². The van der Waals surface area contributed by atoms with Gasteiger partial charge in [-0.2, -0.15) is 0 Å². The van der Waals surface area contributed by atoms with Crippen LogP contribution in [0.3, 0.4) is 0 Å². The van der Waals surface area contributed by atoms with Crippen molar-refractivity contribution in [3.05, 3.63) is 89.0 Å². The lowest BCUT2D eigenvalue weighted by Gasteiger charge is -2.31. The van der Waals surface area contributed by atoms with Crippen LogP contribution in [0.25, 0.3) is 0 Å². The summed E-state index contributed by atoms with van der Waals surface area (Å²) < 4.78 is 5.34. The highest BCUT2D eigenvalue weighted by atomic mass is 16.5. The summed E-state index contributed by atoms with van der Waals surface area (Å²) in [4.78, 5) is 43.4. The van der Waals surface area contributed by atoms with Crippen LogP contribution in [0.1, 0.15) is 44.3 Å². The van der Waals surface area contributed by atoms with Crippen LogP contribution in [0.4, 0.5) is 11.4 Å². The largest absolute Gasteiger partial charge is 0.497 e. The van der Waals surface area contributed by atoms with E-state index in [4.69, 9.17) is 4.74 Å². The number of anilines is 2. The van der Waals surface area contributed by atoms with Gasteiger partial charge in [0.05, 0.1) is 30.9 Å². The van der Waals surface area contributed by atoms with Crippen LogP contribution >= 0.6 is 0 Å². The highest BCUT2D eigenvalue weighted by Gasteiger charge is 2.34. The second-order valence-electron chi connectivity index (χ2n) is 9.15. The number of hydrogen-bond acceptors (Lipinski definition) is 5. The molecule has 192 valence electrons. The normalized spacial score (nSPS) is 14.9. The molecule has 1 heterocycles. The fourth-order valence-corrected chi connectivity index (χ4v) is 4.42. The van der Waals surface area contributed by atoms with Gasteiger partial charge < -0.3 is 20.3 Å². The van der Waals surface area contributed by atoms with Crippen LogP contribution in [-0.2, 0) is 4.79 Å². The molecule has 1 aliphatic rings. The van der Waals surface area contributed by atoms with Crippen molar-refractivity contribution in [1.29, 1.82) is 0 Å². The van der Waals surface area contributed by atoms with Gasteiger partial charge in [0.15, 0.2) is 0 Å². The van der Waals surface area contributed by atoms with Crippen molar-refractivity contribution >= 4 is 29.1 Å². The standard InChI is InChI=1S/C29H32N4O4/c1-19-8-10-20(11-9-19)26-18-27(34)31-24-17-22(28(35)32(3)15-14-30-2)12-13-25(24)33(26)29(36)21-6-5-7-23(16-21)37-4/h5-13,16-17,26,30H,14-15,18H2,1-4H3,(H,31,34). The van der Waals surface area contributed by atoms with E-state index in [1.54, 1.807) is 66.4 Å². The fourth-order valence-electron chi connectivity index (χ4n) is 4.42. The van der Waals surface area contributed by atoms with Crippen molar-refractivity contribution in [3.63, 3.8) is 0 Å². The van der Waals surface area contributed by atoms with Crippen LogP contribution in [0.15, 0.2) is 66.7 Å². The molecule has 1 atom stereocenters. The SMILES string of the molecule is CNCCN(C)C(=O)c1ccc2c(c1)NC(=O)CC(c1ccc(C)cc1)N2C(=O)c1cccc(OC)c1. The Hall–Kier alpha value is -4.17. The highest BCUT2D eigenvalue weighted by Crippen LogP contribution is 2.40. The number of benzene rings is 3. The van der Waals surface area contributed by atoms with E-state index in [9.17, 15) is 14.4 Å². The van der Waals surface area contributed by atoms with Crippen molar-refractivity contribution < 1.29 is 19.1 Å². The lowest BCUT2D eigenvalue weighted by atomic mass is 9.98. The topological polar surface area (TPSA) is 91.0 Å². The molecule has 0 fully saturated rings. The molecule has 4 rings (SSSR count). The minimum Gasteiger partial charge on any atom is -0.497 e. The van der Waals surface area contributed by atoms with Gasteiger partial charge in [-0.3, -0.25) is 19.3 Å². The van der Waals surface area contributed by atoms with Crippen molar-refractivity contribution in [2.24, 2.45) is 0 Å². The first kappa shape index (κ1) is 25.9. The second kappa shape index (κ2) is 11.3. The molecule has 0 saturated carbocycles. The third-order valence-corrected chi connectivity index (χ3v) is 6.51. The molecule has 0 aliphatic carbocycles. The fraction of sp³-hybridized carbons (Fsp3) is 0.276. The van der Waals surface area contributed by atoms with Crippen LogP contribution in [-0.4, -0.2) is 56.9 Å². The molecule has 2 N–H and O–H groups in total. The first-order valence-corrected chi connectivity index (χ1v) is 12.2. The number of hydrogen-bond donors (Lipinski definition) is 2. The number of rotatable bonds is 7. The summed E-state index contributed by atoms with van der Waals surface area (Å²) >= 11 is 0. The molecule has 0 spiro atoms. The Balaban J connectivity index is 1.82. The highest BCUT2D eigenvalue weighted by molar-refractivity contribution is 6.12. The number of nitrogens with zero attached hydrogens (tertiary/aromatic N) is 2. The smallest absolute Gasteiger partial charge is 0.259 e. The van der Waals surface area contributed by atoms with Crippen molar-refractivity contribution in [2.75, 3.05) is 44.5 Å². The molecule has 0 radical (unpaired) electrons. The lowest BCUT2D eigenvalue weighted by Crippen LogP contribution is -2.35. The summed E-state index contributed by atoms with van der Waals surface area (Å²) in [6.07, 6.45) is 0.0683. The molecule has 8 heteroatoms. The molecule has 0 bridgehead atoms. The molecule has 1 unspecified atom stereocenters. The molecule has 3 aromatic carbocycles. The number of carbonyl (C=O) groups excluding carboxylic acids is 3. The Kier molecular flexibility index (Phi) is 7.89. The maximum Gasteiger partial charge on any atom is 0.259 e. The van der Waals surface area contributed by atoms with Gasteiger partial charge >= 0.3 is 0 Å². The number of fused-ring (bicyclic) bond motifs is 1. The Morgan fingerprint density at radius 1 is 1.08 bits per heavy atom. The zero-order valence-corrected chi connectivity index (χ0v) is 21.6. The van der Waals surface area contributed by atoms with Gasteiger partial charge in [-0.05, 0) is 55.9 Å². The van der Waals surface area contributed by atoms with E-state index in [1.807, 2.05) is 38.2 Å². The summed E-state index contributed by atoms with van der Waals surface area (Å²) in [6.45, 7) is 3.18. The monoisotopic (exact) mass is 500 g/mol. The predicted octanol–water partition coefficient (Wildman–Crippen LogP) is 4.03. The quantitative estimate of drug-likeness (QED) is 0.511. The van der Waals surface area contributed by atoms with Crippen molar-refractivity contribution in [3.8, 4) is 5.75 Å². The molecular weight excluding hydrogens is 468 g/mol. The second-order valence-corrected chi connectivity index (χ2v) is 9.15. The molecule has 0 aromatic heterocycles.